The van der Waals surface area contributed by atoms with E-state index in [-0.39, 0.29) is 12.0 Å². The van der Waals surface area contributed by atoms with Gasteiger partial charge in [0.1, 0.15) is 0 Å². The van der Waals surface area contributed by atoms with Crippen molar-refractivity contribution in [1.29, 1.82) is 0 Å². The van der Waals surface area contributed by atoms with Crippen molar-refractivity contribution in [3.05, 3.63) is 65.5 Å². The maximum Gasteiger partial charge on any atom is 0.416 e. The molecule has 0 spiro atoms. The lowest BCUT2D eigenvalue weighted by atomic mass is 9.91. The second-order valence-corrected chi connectivity index (χ2v) is 9.87. The van der Waals surface area contributed by atoms with Crippen LogP contribution in [0.5, 0.6) is 5.88 Å². The third kappa shape index (κ3) is 5.84. The van der Waals surface area contributed by atoms with Gasteiger partial charge in [-0.25, -0.2) is 9.78 Å². The van der Waals surface area contributed by atoms with Crippen molar-refractivity contribution in [2.24, 2.45) is 0 Å². The molecule has 2 aliphatic rings. The predicted octanol–water partition coefficient (Wildman–Crippen LogP) is 3.65. The molecule has 0 atom stereocenters. The highest BCUT2D eigenvalue weighted by Gasteiger charge is 2.20. The molecule has 39 heavy (non-hydrogen) atoms. The summed E-state index contributed by atoms with van der Waals surface area (Å²) in [6, 6.07) is 13.9. The van der Waals surface area contributed by atoms with E-state index in [9.17, 15) is 4.79 Å². The molecule has 1 amide bonds. The lowest BCUT2D eigenvalue weighted by molar-refractivity contribution is 0.0853. The third-order valence-corrected chi connectivity index (χ3v) is 7.19. The molecular formula is C28H31N7O4. The van der Waals surface area contributed by atoms with Crippen LogP contribution in [0.25, 0.3) is 23.0 Å². The fraction of sp³-hybridized carbons (Fsp3) is 0.393. The van der Waals surface area contributed by atoms with E-state index in [1.54, 1.807) is 17.2 Å². The first-order valence-electron chi connectivity index (χ1n) is 13.3. The fourth-order valence-electron chi connectivity index (χ4n) is 4.93. The standard InChI is InChI=1S/C28H31N7O4/c1-19-16-24(27-31-26(33-39-27)23-4-2-21(3-5-23)22-7-14-37-15-8-22)32-35(19)18-20-6-9-30-25(17-20)38-28(36)34-12-10-29-11-13-34/h2-6,9,16-17,22,29H,7-8,10-15,18H2,1H3. The summed E-state index contributed by atoms with van der Waals surface area (Å²) in [7, 11) is 0. The van der Waals surface area contributed by atoms with Crippen LogP contribution >= 0.6 is 0 Å². The number of rotatable bonds is 6. The largest absolute Gasteiger partial charge is 0.416 e. The van der Waals surface area contributed by atoms with Gasteiger partial charge in [0.15, 0.2) is 5.69 Å². The number of carbonyl (C=O) groups is 1. The number of nitrogens with one attached hydrogen (secondary N) is 1. The molecule has 2 aliphatic heterocycles. The summed E-state index contributed by atoms with van der Waals surface area (Å²) in [4.78, 5) is 22.9. The molecule has 5 heterocycles. The van der Waals surface area contributed by atoms with E-state index < -0.39 is 0 Å². The zero-order chi connectivity index (χ0) is 26.6. The average molecular weight is 530 g/mol. The number of carbonyl (C=O) groups excluding carboxylic acids is 1. The Balaban J connectivity index is 1.12. The highest BCUT2D eigenvalue weighted by Crippen LogP contribution is 2.29. The van der Waals surface area contributed by atoms with E-state index in [0.717, 1.165) is 56.0 Å². The van der Waals surface area contributed by atoms with Crippen molar-refractivity contribution in [3.8, 4) is 28.9 Å². The van der Waals surface area contributed by atoms with Gasteiger partial charge in [0.2, 0.25) is 11.7 Å². The van der Waals surface area contributed by atoms with Crippen LogP contribution in [-0.2, 0) is 11.3 Å². The zero-order valence-corrected chi connectivity index (χ0v) is 21.9. The number of pyridine rings is 1. The van der Waals surface area contributed by atoms with Gasteiger partial charge >= 0.3 is 6.09 Å². The first-order valence-corrected chi connectivity index (χ1v) is 13.3. The molecule has 0 radical (unpaired) electrons. The Morgan fingerprint density at radius 3 is 2.69 bits per heavy atom. The van der Waals surface area contributed by atoms with Gasteiger partial charge in [-0.2, -0.15) is 10.1 Å². The normalized spacial score (nSPS) is 16.4. The molecule has 1 aromatic carbocycles. The van der Waals surface area contributed by atoms with Crippen LogP contribution in [0.4, 0.5) is 4.79 Å². The van der Waals surface area contributed by atoms with E-state index in [1.165, 1.54) is 5.56 Å². The minimum absolute atomic E-state index is 0.269. The van der Waals surface area contributed by atoms with E-state index in [4.69, 9.17) is 14.0 Å². The monoisotopic (exact) mass is 529 g/mol. The van der Waals surface area contributed by atoms with E-state index >= 15 is 0 Å². The van der Waals surface area contributed by atoms with E-state index in [2.05, 4.69) is 37.7 Å². The Morgan fingerprint density at radius 2 is 1.90 bits per heavy atom. The van der Waals surface area contributed by atoms with Gasteiger partial charge in [-0.15, -0.1) is 0 Å². The number of aryl methyl sites for hydroxylation is 1. The maximum atomic E-state index is 12.4. The molecular weight excluding hydrogens is 498 g/mol. The van der Waals surface area contributed by atoms with Crippen molar-refractivity contribution < 1.29 is 18.8 Å². The number of ether oxygens (including phenoxy) is 2. The quantitative estimate of drug-likeness (QED) is 0.399. The van der Waals surface area contributed by atoms with Crippen LogP contribution in [-0.4, -0.2) is 75.3 Å². The molecule has 6 rings (SSSR count). The number of benzene rings is 1. The Bertz CT molecular complexity index is 1420. The van der Waals surface area contributed by atoms with Crippen LogP contribution in [0, 0.1) is 6.92 Å². The van der Waals surface area contributed by atoms with Crippen LogP contribution in [0.2, 0.25) is 0 Å². The number of hydrogen-bond donors (Lipinski definition) is 1. The minimum Gasteiger partial charge on any atom is -0.391 e. The van der Waals surface area contributed by atoms with Crippen molar-refractivity contribution >= 4 is 6.09 Å². The molecule has 3 aromatic heterocycles. The SMILES string of the molecule is Cc1cc(-c2nc(-c3ccc(C4CCOCC4)cc3)no2)nn1Cc1ccnc(OC(=O)N2CCNCC2)c1. The number of piperazine rings is 1. The number of aromatic nitrogens is 5. The fourth-order valence-corrected chi connectivity index (χ4v) is 4.93. The number of nitrogens with zero attached hydrogens (tertiary/aromatic N) is 6. The van der Waals surface area contributed by atoms with Crippen molar-refractivity contribution in [1.82, 2.24) is 35.1 Å². The Morgan fingerprint density at radius 1 is 1.10 bits per heavy atom. The summed E-state index contributed by atoms with van der Waals surface area (Å²) >= 11 is 0. The third-order valence-electron chi connectivity index (χ3n) is 7.19. The van der Waals surface area contributed by atoms with Gasteiger partial charge in [-0.1, -0.05) is 29.4 Å². The van der Waals surface area contributed by atoms with Crippen molar-refractivity contribution in [2.45, 2.75) is 32.2 Å². The molecule has 1 N–H and O–H groups in total. The van der Waals surface area contributed by atoms with Gasteiger partial charge in [0.25, 0.3) is 5.89 Å². The molecule has 11 nitrogen and oxygen atoms in total. The van der Waals surface area contributed by atoms with Gasteiger partial charge < -0.3 is 24.2 Å². The lowest BCUT2D eigenvalue weighted by Gasteiger charge is -2.26. The number of hydrogen-bond acceptors (Lipinski definition) is 9. The van der Waals surface area contributed by atoms with Gasteiger partial charge in [-0.3, -0.25) is 4.68 Å². The molecule has 202 valence electrons. The molecule has 11 heteroatoms. The Labute approximate surface area is 226 Å². The van der Waals surface area contributed by atoms with Crippen molar-refractivity contribution in [3.63, 3.8) is 0 Å². The van der Waals surface area contributed by atoms with Crippen LogP contribution in [0.3, 0.4) is 0 Å². The molecule has 0 bridgehead atoms. The van der Waals surface area contributed by atoms with Gasteiger partial charge in [-0.05, 0) is 48.9 Å². The summed E-state index contributed by atoms with van der Waals surface area (Å²) in [5.74, 6) is 1.70. The van der Waals surface area contributed by atoms with E-state index in [0.29, 0.717) is 43.0 Å². The molecule has 0 aliphatic carbocycles. The van der Waals surface area contributed by atoms with Gasteiger partial charge in [0, 0.05) is 62.9 Å². The highest BCUT2D eigenvalue weighted by atomic mass is 16.6. The molecule has 2 saturated heterocycles. The first kappa shape index (κ1) is 25.2. The highest BCUT2D eigenvalue weighted by molar-refractivity contribution is 5.70. The van der Waals surface area contributed by atoms with Crippen molar-refractivity contribution in [2.75, 3.05) is 39.4 Å². The smallest absolute Gasteiger partial charge is 0.391 e. The Hall–Kier alpha value is -4.09. The zero-order valence-electron chi connectivity index (χ0n) is 21.9. The molecule has 0 unspecified atom stereocenters. The summed E-state index contributed by atoms with van der Waals surface area (Å²) in [6.07, 6.45) is 3.35. The summed E-state index contributed by atoms with van der Waals surface area (Å²) in [6.45, 7) is 6.83. The van der Waals surface area contributed by atoms with Gasteiger partial charge in [0.05, 0.1) is 6.54 Å². The average Bonchev–Trinajstić information content (AvgIpc) is 3.61. The van der Waals surface area contributed by atoms with Crippen LogP contribution in [0.1, 0.15) is 35.6 Å². The lowest BCUT2D eigenvalue weighted by Crippen LogP contribution is -2.47. The molecule has 4 aromatic rings. The molecule has 2 fully saturated rings. The topological polar surface area (TPSA) is 120 Å². The maximum absolute atomic E-state index is 12.4. The minimum atomic E-state index is -0.385. The summed E-state index contributed by atoms with van der Waals surface area (Å²) in [5.41, 5.74) is 4.66. The molecule has 0 saturated carbocycles. The number of amides is 1. The predicted molar refractivity (Wildman–Crippen MR) is 142 cm³/mol. The first-order chi connectivity index (χ1) is 19.1. The van der Waals surface area contributed by atoms with Crippen LogP contribution in [0.15, 0.2) is 53.2 Å². The summed E-state index contributed by atoms with van der Waals surface area (Å²) < 4.78 is 18.4. The van der Waals surface area contributed by atoms with E-state index in [1.807, 2.05) is 35.9 Å². The second-order valence-electron chi connectivity index (χ2n) is 9.87. The van der Waals surface area contributed by atoms with Crippen LogP contribution < -0.4 is 10.1 Å². The summed E-state index contributed by atoms with van der Waals surface area (Å²) in [5, 5.41) is 12.1. The Kier molecular flexibility index (Phi) is 7.33. The second kappa shape index (κ2) is 11.3.